The zero-order chi connectivity index (χ0) is 15.5. The zero-order valence-electron chi connectivity index (χ0n) is 14.6. The molecular weight excluding hydrogens is 258 g/mol. The van der Waals surface area contributed by atoms with E-state index in [-0.39, 0.29) is 5.54 Å². The average molecular weight is 293 g/mol. The van der Waals surface area contributed by atoms with E-state index in [2.05, 4.69) is 32.6 Å². The molecule has 0 bridgehead atoms. The normalized spacial score (nSPS) is 23.7. The van der Waals surface area contributed by atoms with Crippen LogP contribution in [0.3, 0.4) is 0 Å². The predicted octanol–water partition coefficient (Wildman–Crippen LogP) is 4.17. The summed E-state index contributed by atoms with van der Waals surface area (Å²) in [5, 5.41) is 0. The van der Waals surface area contributed by atoms with Crippen molar-refractivity contribution in [1.29, 1.82) is 0 Å². The molecule has 1 heterocycles. The van der Waals surface area contributed by atoms with Crippen LogP contribution in [-0.4, -0.2) is 29.0 Å². The van der Waals surface area contributed by atoms with Crippen LogP contribution < -0.4 is 5.73 Å². The van der Waals surface area contributed by atoms with E-state index in [0.717, 1.165) is 12.5 Å². The number of hydrogen-bond acceptors (Lipinski definition) is 3. The van der Waals surface area contributed by atoms with E-state index in [9.17, 15) is 0 Å². The van der Waals surface area contributed by atoms with Crippen molar-refractivity contribution < 1.29 is 0 Å². The van der Waals surface area contributed by atoms with Crippen molar-refractivity contribution in [1.82, 2.24) is 4.90 Å². The second-order valence-electron chi connectivity index (χ2n) is 8.11. The first-order valence-electron chi connectivity index (χ1n) is 9.04. The van der Waals surface area contributed by atoms with Gasteiger partial charge in [-0.05, 0) is 37.5 Å². The van der Waals surface area contributed by atoms with E-state index in [0.29, 0.717) is 17.9 Å². The van der Waals surface area contributed by atoms with Gasteiger partial charge >= 0.3 is 0 Å². The van der Waals surface area contributed by atoms with E-state index < -0.39 is 0 Å². The van der Waals surface area contributed by atoms with Gasteiger partial charge in [-0.2, -0.15) is 0 Å². The van der Waals surface area contributed by atoms with Crippen LogP contribution in [-0.2, 0) is 0 Å². The molecule has 0 aromatic rings. The van der Waals surface area contributed by atoms with Gasteiger partial charge in [0, 0.05) is 6.04 Å². The van der Waals surface area contributed by atoms with Crippen molar-refractivity contribution in [2.45, 2.75) is 90.6 Å². The summed E-state index contributed by atoms with van der Waals surface area (Å²) >= 11 is 0. The van der Waals surface area contributed by atoms with Gasteiger partial charge < -0.3 is 10.6 Å². The minimum absolute atomic E-state index is 0.182. The fourth-order valence-corrected chi connectivity index (χ4v) is 4.64. The van der Waals surface area contributed by atoms with Gasteiger partial charge in [-0.15, -0.1) is 0 Å². The fraction of sp³-hybridized carbons (Fsp3) is 0.944. The molecular formula is C18H35N3. The van der Waals surface area contributed by atoms with Gasteiger partial charge in [0.1, 0.15) is 0 Å². The Morgan fingerprint density at radius 2 is 1.57 bits per heavy atom. The minimum atomic E-state index is 0.182. The van der Waals surface area contributed by atoms with Crippen molar-refractivity contribution in [3.05, 3.63) is 0 Å². The molecule has 1 aliphatic carbocycles. The van der Waals surface area contributed by atoms with Crippen molar-refractivity contribution in [2.24, 2.45) is 22.6 Å². The SMILES string of the molecule is CC(C)CC1(CC(C)C)CN=C(N)N1C1CCCCCC1. The largest absolute Gasteiger partial charge is 0.370 e. The first kappa shape index (κ1) is 16.6. The second-order valence-corrected chi connectivity index (χ2v) is 8.11. The van der Waals surface area contributed by atoms with Crippen molar-refractivity contribution >= 4 is 5.96 Å². The highest BCUT2D eigenvalue weighted by Gasteiger charge is 2.45. The lowest BCUT2D eigenvalue weighted by atomic mass is 9.79. The van der Waals surface area contributed by atoms with E-state index in [1.54, 1.807) is 0 Å². The summed E-state index contributed by atoms with van der Waals surface area (Å²) in [6.07, 6.45) is 10.5. The number of nitrogens with zero attached hydrogens (tertiary/aromatic N) is 2. The summed E-state index contributed by atoms with van der Waals surface area (Å²) in [5.74, 6) is 2.21. The lowest BCUT2D eigenvalue weighted by molar-refractivity contribution is 0.0906. The van der Waals surface area contributed by atoms with Crippen LogP contribution >= 0.6 is 0 Å². The third-order valence-electron chi connectivity index (χ3n) is 5.06. The lowest BCUT2D eigenvalue weighted by Crippen LogP contribution is -2.57. The third-order valence-corrected chi connectivity index (χ3v) is 5.06. The van der Waals surface area contributed by atoms with Crippen LogP contribution in [0.2, 0.25) is 0 Å². The maximum Gasteiger partial charge on any atom is 0.192 e. The molecule has 3 nitrogen and oxygen atoms in total. The fourth-order valence-electron chi connectivity index (χ4n) is 4.64. The number of aliphatic imine (C=N–C) groups is 1. The predicted molar refractivity (Wildman–Crippen MR) is 91.5 cm³/mol. The smallest absolute Gasteiger partial charge is 0.192 e. The molecule has 21 heavy (non-hydrogen) atoms. The minimum Gasteiger partial charge on any atom is -0.370 e. The van der Waals surface area contributed by atoms with Crippen LogP contribution in [0.25, 0.3) is 0 Å². The Morgan fingerprint density at radius 3 is 2.05 bits per heavy atom. The molecule has 1 aliphatic heterocycles. The monoisotopic (exact) mass is 293 g/mol. The third kappa shape index (κ3) is 3.92. The van der Waals surface area contributed by atoms with E-state index >= 15 is 0 Å². The van der Waals surface area contributed by atoms with Crippen LogP contribution in [0.1, 0.15) is 79.1 Å². The molecule has 3 heteroatoms. The average Bonchev–Trinajstić information content (AvgIpc) is 2.57. The Balaban J connectivity index is 2.24. The molecule has 1 fully saturated rings. The van der Waals surface area contributed by atoms with Crippen molar-refractivity contribution in [2.75, 3.05) is 6.54 Å². The maximum atomic E-state index is 6.36. The summed E-state index contributed by atoms with van der Waals surface area (Å²) in [6, 6.07) is 0.622. The summed E-state index contributed by atoms with van der Waals surface area (Å²) in [6.45, 7) is 10.2. The first-order chi connectivity index (χ1) is 9.94. The van der Waals surface area contributed by atoms with Gasteiger partial charge in [-0.3, -0.25) is 4.99 Å². The molecule has 1 saturated carbocycles. The lowest BCUT2D eigenvalue weighted by Gasteiger charge is -2.46. The molecule has 0 saturated heterocycles. The maximum absolute atomic E-state index is 6.36. The Kier molecular flexibility index (Phi) is 5.56. The molecule has 2 N–H and O–H groups in total. The molecule has 0 atom stereocenters. The van der Waals surface area contributed by atoms with E-state index in [1.807, 2.05) is 0 Å². The molecule has 0 spiro atoms. The van der Waals surface area contributed by atoms with Crippen LogP contribution in [0.15, 0.2) is 4.99 Å². The van der Waals surface area contributed by atoms with Crippen molar-refractivity contribution in [3.63, 3.8) is 0 Å². The highest BCUT2D eigenvalue weighted by Crippen LogP contribution is 2.39. The molecule has 0 aromatic carbocycles. The van der Waals surface area contributed by atoms with Crippen LogP contribution in [0, 0.1) is 11.8 Å². The number of hydrogen-bond donors (Lipinski definition) is 1. The second kappa shape index (κ2) is 7.02. The highest BCUT2D eigenvalue weighted by atomic mass is 15.4. The van der Waals surface area contributed by atoms with Crippen LogP contribution in [0.5, 0.6) is 0 Å². The Morgan fingerprint density at radius 1 is 1.05 bits per heavy atom. The molecule has 0 unspecified atom stereocenters. The van der Waals surface area contributed by atoms with Crippen LogP contribution in [0.4, 0.5) is 0 Å². The van der Waals surface area contributed by atoms with Gasteiger partial charge in [-0.25, -0.2) is 0 Å². The summed E-state index contributed by atoms with van der Waals surface area (Å²) in [7, 11) is 0. The summed E-state index contributed by atoms with van der Waals surface area (Å²) in [4.78, 5) is 7.27. The van der Waals surface area contributed by atoms with E-state index in [4.69, 9.17) is 10.7 Å². The molecule has 2 aliphatic rings. The van der Waals surface area contributed by atoms with Gasteiger partial charge in [0.15, 0.2) is 5.96 Å². The van der Waals surface area contributed by atoms with Gasteiger partial charge in [-0.1, -0.05) is 53.4 Å². The molecule has 0 radical (unpaired) electrons. The number of nitrogens with two attached hydrogens (primary N) is 1. The Bertz CT molecular complexity index is 341. The quantitative estimate of drug-likeness (QED) is 0.773. The molecule has 122 valence electrons. The zero-order valence-corrected chi connectivity index (χ0v) is 14.6. The van der Waals surface area contributed by atoms with E-state index in [1.165, 1.54) is 51.4 Å². The number of rotatable bonds is 5. The molecule has 0 aromatic heterocycles. The van der Waals surface area contributed by atoms with Gasteiger partial charge in [0.05, 0.1) is 12.1 Å². The topological polar surface area (TPSA) is 41.6 Å². The standard InChI is InChI=1S/C18H35N3/c1-14(2)11-18(12-15(3)4)13-20-17(19)21(18)16-9-7-5-6-8-10-16/h14-16H,5-13H2,1-4H3,(H2,19,20). The highest BCUT2D eigenvalue weighted by molar-refractivity contribution is 5.81. The van der Waals surface area contributed by atoms with Crippen molar-refractivity contribution in [3.8, 4) is 0 Å². The Hall–Kier alpha value is -0.730. The summed E-state index contributed by atoms with van der Waals surface area (Å²) in [5.41, 5.74) is 6.55. The first-order valence-corrected chi connectivity index (χ1v) is 9.04. The molecule has 0 amide bonds. The van der Waals surface area contributed by atoms with Gasteiger partial charge in [0.25, 0.3) is 0 Å². The number of guanidine groups is 1. The Labute approximate surface area is 131 Å². The molecule has 2 rings (SSSR count). The summed E-state index contributed by atoms with van der Waals surface area (Å²) < 4.78 is 0. The van der Waals surface area contributed by atoms with Gasteiger partial charge in [0.2, 0.25) is 0 Å².